The number of rotatable bonds is 10. The molecule has 0 atom stereocenters. The van der Waals surface area contributed by atoms with Crippen molar-refractivity contribution in [3.05, 3.63) is 95.6 Å². The summed E-state index contributed by atoms with van der Waals surface area (Å²) in [7, 11) is 1.70. The second kappa shape index (κ2) is 10.5. The topological polar surface area (TPSA) is 21.7 Å². The molecule has 0 saturated carbocycles. The Labute approximate surface area is 168 Å². The summed E-state index contributed by atoms with van der Waals surface area (Å²) in [5.41, 5.74) is 3.67. The summed E-state index contributed by atoms with van der Waals surface area (Å²) in [6, 6.07) is 27.0. The van der Waals surface area contributed by atoms with Crippen LogP contribution in [0, 0.1) is 0 Å². The van der Waals surface area contributed by atoms with Crippen LogP contribution in [0.15, 0.2) is 78.9 Å². The second-order valence-corrected chi connectivity index (χ2v) is 6.83. The lowest BCUT2D eigenvalue weighted by atomic mass is 10.1. The van der Waals surface area contributed by atoms with E-state index in [2.05, 4.69) is 60.4 Å². The van der Waals surface area contributed by atoms with E-state index in [1.54, 1.807) is 7.11 Å². The molecule has 0 aliphatic rings. The highest BCUT2D eigenvalue weighted by Crippen LogP contribution is 2.32. The average Bonchev–Trinajstić information content (AvgIpc) is 2.76. The number of para-hydroxylation sites is 1. The van der Waals surface area contributed by atoms with Crippen LogP contribution in [0.4, 0.5) is 0 Å². The van der Waals surface area contributed by atoms with Crippen LogP contribution in [0.3, 0.4) is 0 Å². The number of methoxy groups -OCH3 is 1. The van der Waals surface area contributed by atoms with Crippen LogP contribution < -0.4 is 9.47 Å². The van der Waals surface area contributed by atoms with Gasteiger partial charge in [-0.3, -0.25) is 4.90 Å². The van der Waals surface area contributed by atoms with Gasteiger partial charge in [-0.05, 0) is 30.2 Å². The van der Waals surface area contributed by atoms with Crippen molar-refractivity contribution >= 4 is 0 Å². The molecule has 3 aromatic carbocycles. The molecule has 146 valence electrons. The van der Waals surface area contributed by atoms with Gasteiger partial charge < -0.3 is 9.47 Å². The summed E-state index contributed by atoms with van der Waals surface area (Å²) in [6.45, 7) is 5.57. The van der Waals surface area contributed by atoms with Gasteiger partial charge in [-0.15, -0.1) is 0 Å². The Bertz CT molecular complexity index is 834. The molecule has 0 aromatic heterocycles. The first-order valence-corrected chi connectivity index (χ1v) is 9.89. The van der Waals surface area contributed by atoms with Crippen molar-refractivity contribution in [2.75, 3.05) is 20.2 Å². The molecule has 3 heteroatoms. The number of hydrogen-bond donors (Lipinski definition) is 0. The summed E-state index contributed by atoms with van der Waals surface area (Å²) in [5, 5.41) is 0. The van der Waals surface area contributed by atoms with Gasteiger partial charge in [0.25, 0.3) is 0 Å². The molecule has 0 fully saturated rings. The largest absolute Gasteiger partial charge is 0.493 e. The molecule has 3 rings (SSSR count). The van der Waals surface area contributed by atoms with Gasteiger partial charge in [-0.1, -0.05) is 79.7 Å². The maximum Gasteiger partial charge on any atom is 0.166 e. The van der Waals surface area contributed by atoms with Crippen LogP contribution >= 0.6 is 0 Å². The summed E-state index contributed by atoms with van der Waals surface area (Å²) in [4.78, 5) is 2.44. The highest BCUT2D eigenvalue weighted by Gasteiger charge is 2.14. The van der Waals surface area contributed by atoms with E-state index in [4.69, 9.17) is 9.47 Å². The lowest BCUT2D eigenvalue weighted by molar-refractivity contribution is 0.256. The van der Waals surface area contributed by atoms with E-state index in [9.17, 15) is 0 Å². The maximum atomic E-state index is 6.20. The Balaban J connectivity index is 1.70. The van der Waals surface area contributed by atoms with Gasteiger partial charge in [0.1, 0.15) is 6.61 Å². The fourth-order valence-corrected chi connectivity index (χ4v) is 3.26. The minimum absolute atomic E-state index is 0.532. The van der Waals surface area contributed by atoms with E-state index in [1.165, 1.54) is 5.56 Å². The molecule has 3 aromatic rings. The van der Waals surface area contributed by atoms with Crippen molar-refractivity contribution < 1.29 is 9.47 Å². The molecule has 28 heavy (non-hydrogen) atoms. The van der Waals surface area contributed by atoms with Gasteiger partial charge >= 0.3 is 0 Å². The molecule has 0 aliphatic carbocycles. The third-order valence-corrected chi connectivity index (χ3v) is 4.91. The van der Waals surface area contributed by atoms with Gasteiger partial charge in [0.2, 0.25) is 0 Å². The Morgan fingerprint density at radius 3 is 2.11 bits per heavy atom. The average molecular weight is 376 g/mol. The fraction of sp³-hybridized carbons (Fsp3) is 0.280. The quantitative estimate of drug-likeness (QED) is 0.477. The zero-order chi connectivity index (χ0) is 19.6. The Morgan fingerprint density at radius 2 is 1.46 bits per heavy atom. The Hall–Kier alpha value is -2.78. The van der Waals surface area contributed by atoms with E-state index in [-0.39, 0.29) is 0 Å². The van der Waals surface area contributed by atoms with Crippen LogP contribution in [0.2, 0.25) is 0 Å². The molecular formula is C25H29NO2. The fourth-order valence-electron chi connectivity index (χ4n) is 3.26. The summed E-state index contributed by atoms with van der Waals surface area (Å²) >= 11 is 0. The van der Waals surface area contributed by atoms with E-state index >= 15 is 0 Å². The van der Waals surface area contributed by atoms with Crippen molar-refractivity contribution in [3.8, 4) is 11.5 Å². The van der Waals surface area contributed by atoms with E-state index in [0.717, 1.165) is 48.7 Å². The maximum absolute atomic E-state index is 6.20. The zero-order valence-corrected chi connectivity index (χ0v) is 16.8. The number of hydrogen-bond acceptors (Lipinski definition) is 3. The highest BCUT2D eigenvalue weighted by molar-refractivity contribution is 5.46. The zero-order valence-electron chi connectivity index (χ0n) is 16.8. The molecular weight excluding hydrogens is 346 g/mol. The number of ether oxygens (including phenoxy) is 2. The van der Waals surface area contributed by atoms with Crippen molar-refractivity contribution in [2.24, 2.45) is 0 Å². The summed E-state index contributed by atoms with van der Waals surface area (Å²) in [5.74, 6) is 1.62. The summed E-state index contributed by atoms with van der Waals surface area (Å²) < 4.78 is 11.8. The first kappa shape index (κ1) is 20.0. The predicted octanol–water partition coefficient (Wildman–Crippen LogP) is 5.34. The van der Waals surface area contributed by atoms with Gasteiger partial charge in [0, 0.05) is 18.7 Å². The molecule has 0 aliphatic heterocycles. The van der Waals surface area contributed by atoms with Crippen LogP contribution in [0.1, 0.15) is 23.6 Å². The first-order chi connectivity index (χ1) is 13.8. The number of likely N-dealkylation sites (N-methyl/N-ethyl adjacent to an activating group) is 1. The molecule has 0 unspecified atom stereocenters. The Morgan fingerprint density at radius 1 is 0.786 bits per heavy atom. The Kier molecular flexibility index (Phi) is 7.51. The monoisotopic (exact) mass is 375 g/mol. The predicted molar refractivity (Wildman–Crippen MR) is 115 cm³/mol. The lowest BCUT2D eigenvalue weighted by Gasteiger charge is -2.23. The van der Waals surface area contributed by atoms with Crippen LogP contribution in [0.5, 0.6) is 11.5 Å². The summed E-state index contributed by atoms with van der Waals surface area (Å²) in [6.07, 6.45) is 1.04. The van der Waals surface area contributed by atoms with Crippen molar-refractivity contribution in [1.82, 2.24) is 4.90 Å². The smallest absolute Gasteiger partial charge is 0.166 e. The normalized spacial score (nSPS) is 10.8. The van der Waals surface area contributed by atoms with Crippen LogP contribution in [-0.2, 0) is 19.6 Å². The van der Waals surface area contributed by atoms with Crippen LogP contribution in [0.25, 0.3) is 0 Å². The minimum atomic E-state index is 0.532. The molecule has 0 radical (unpaired) electrons. The van der Waals surface area contributed by atoms with E-state index < -0.39 is 0 Å². The molecule has 0 saturated heterocycles. The lowest BCUT2D eigenvalue weighted by Crippen LogP contribution is -2.25. The van der Waals surface area contributed by atoms with Crippen molar-refractivity contribution in [1.29, 1.82) is 0 Å². The van der Waals surface area contributed by atoms with Crippen LogP contribution in [-0.4, -0.2) is 25.1 Å². The van der Waals surface area contributed by atoms with Crippen molar-refractivity contribution in [2.45, 2.75) is 26.5 Å². The molecule has 0 heterocycles. The van der Waals surface area contributed by atoms with Gasteiger partial charge in [-0.25, -0.2) is 0 Å². The first-order valence-electron chi connectivity index (χ1n) is 9.89. The highest BCUT2D eigenvalue weighted by atomic mass is 16.5. The molecule has 0 N–H and O–H groups in total. The second-order valence-electron chi connectivity index (χ2n) is 6.83. The molecule has 3 nitrogen and oxygen atoms in total. The van der Waals surface area contributed by atoms with Crippen molar-refractivity contribution in [3.63, 3.8) is 0 Å². The van der Waals surface area contributed by atoms with Gasteiger partial charge in [0.15, 0.2) is 11.5 Å². The SMILES string of the molecule is CCN(CCc1ccccc1)Cc1cccc(OC)c1OCc1ccccc1. The standard InChI is InChI=1S/C25H29NO2/c1-3-26(18-17-21-11-6-4-7-12-21)19-23-15-10-16-24(27-2)25(23)28-20-22-13-8-5-9-14-22/h4-16H,3,17-20H2,1-2H3. The number of benzene rings is 3. The number of nitrogens with zero attached hydrogens (tertiary/aromatic N) is 1. The third kappa shape index (κ3) is 5.61. The van der Waals surface area contributed by atoms with E-state index in [1.807, 2.05) is 30.3 Å². The molecule has 0 spiro atoms. The van der Waals surface area contributed by atoms with Gasteiger partial charge in [0.05, 0.1) is 7.11 Å². The molecule has 0 bridgehead atoms. The van der Waals surface area contributed by atoms with E-state index in [0.29, 0.717) is 6.61 Å². The third-order valence-electron chi connectivity index (χ3n) is 4.91. The minimum Gasteiger partial charge on any atom is -0.493 e. The van der Waals surface area contributed by atoms with Gasteiger partial charge in [-0.2, -0.15) is 0 Å². The molecule has 0 amide bonds.